The molecule has 1 unspecified atom stereocenters. The summed E-state index contributed by atoms with van der Waals surface area (Å²) in [7, 11) is 0. The van der Waals surface area contributed by atoms with Crippen molar-refractivity contribution in [3.05, 3.63) is 46.2 Å². The zero-order valence-electron chi connectivity index (χ0n) is 11.2. The van der Waals surface area contributed by atoms with Gasteiger partial charge in [-0.1, -0.05) is 0 Å². The second-order valence-electron chi connectivity index (χ2n) is 4.82. The number of nitrogens with two attached hydrogens (primary N) is 1. The lowest BCUT2D eigenvalue weighted by Crippen LogP contribution is -2.30. The molecule has 1 atom stereocenters. The van der Waals surface area contributed by atoms with Gasteiger partial charge in [0.1, 0.15) is 9.88 Å². The van der Waals surface area contributed by atoms with E-state index in [9.17, 15) is 9.59 Å². The number of hydrogen-bond acceptors (Lipinski definition) is 5. The third kappa shape index (κ3) is 2.64. The number of thiazole rings is 1. The molecule has 0 aromatic carbocycles. The molecule has 2 N–H and O–H groups in total. The summed E-state index contributed by atoms with van der Waals surface area (Å²) in [4.78, 5) is 34.1. The number of hydrogen-bond donors (Lipinski definition) is 1. The Labute approximate surface area is 125 Å². The molecule has 0 bridgehead atoms. The zero-order valence-corrected chi connectivity index (χ0v) is 12.0. The second kappa shape index (κ2) is 5.61. The summed E-state index contributed by atoms with van der Waals surface area (Å²) in [5.41, 5.74) is 5.87. The maximum atomic E-state index is 12.6. The number of carbonyl (C=O) groups excluding carboxylic acids is 2. The topological polar surface area (TPSA) is 89.2 Å². The Morgan fingerprint density at radius 1 is 1.33 bits per heavy atom. The van der Waals surface area contributed by atoms with Crippen molar-refractivity contribution < 1.29 is 9.59 Å². The quantitative estimate of drug-likeness (QED) is 0.933. The van der Waals surface area contributed by atoms with Gasteiger partial charge < -0.3 is 10.6 Å². The van der Waals surface area contributed by atoms with Crippen LogP contribution in [0.4, 0.5) is 0 Å². The highest BCUT2D eigenvalue weighted by Gasteiger charge is 2.32. The third-order valence-electron chi connectivity index (χ3n) is 3.49. The van der Waals surface area contributed by atoms with Gasteiger partial charge in [-0.25, -0.2) is 4.98 Å². The number of rotatable bonds is 3. The van der Waals surface area contributed by atoms with Crippen molar-refractivity contribution in [3.8, 4) is 0 Å². The van der Waals surface area contributed by atoms with Gasteiger partial charge in [0.15, 0.2) is 0 Å². The first-order chi connectivity index (χ1) is 10.2. The number of likely N-dealkylation sites (tertiary alicyclic amines) is 1. The Morgan fingerprint density at radius 3 is 2.76 bits per heavy atom. The Kier molecular flexibility index (Phi) is 3.66. The molecule has 108 valence electrons. The van der Waals surface area contributed by atoms with E-state index in [1.54, 1.807) is 29.4 Å². The monoisotopic (exact) mass is 302 g/mol. The Bertz CT molecular complexity index is 671. The van der Waals surface area contributed by atoms with Crippen LogP contribution in [0.5, 0.6) is 0 Å². The van der Waals surface area contributed by atoms with Crippen LogP contribution in [0.3, 0.4) is 0 Å². The van der Waals surface area contributed by atoms with Crippen LogP contribution in [0.2, 0.25) is 0 Å². The minimum absolute atomic E-state index is 0.0317. The first-order valence-electron chi connectivity index (χ1n) is 6.63. The van der Waals surface area contributed by atoms with E-state index in [0.717, 1.165) is 17.8 Å². The first-order valence-corrected chi connectivity index (χ1v) is 7.45. The van der Waals surface area contributed by atoms with E-state index >= 15 is 0 Å². The van der Waals surface area contributed by atoms with E-state index < -0.39 is 5.91 Å². The number of nitrogens with zero attached hydrogens (tertiary/aromatic N) is 3. The highest BCUT2D eigenvalue weighted by Crippen LogP contribution is 2.35. The average molecular weight is 302 g/mol. The van der Waals surface area contributed by atoms with Gasteiger partial charge in [-0.05, 0) is 25.0 Å². The molecule has 1 aliphatic rings. The number of aromatic nitrogens is 2. The molecule has 21 heavy (non-hydrogen) atoms. The number of pyridine rings is 1. The first kappa shape index (κ1) is 13.7. The number of amides is 2. The molecule has 0 aliphatic carbocycles. The minimum atomic E-state index is -0.483. The highest BCUT2D eigenvalue weighted by atomic mass is 32.1. The fourth-order valence-corrected chi connectivity index (χ4v) is 3.40. The predicted molar refractivity (Wildman–Crippen MR) is 77.9 cm³/mol. The van der Waals surface area contributed by atoms with E-state index in [1.807, 2.05) is 0 Å². The van der Waals surface area contributed by atoms with Crippen LogP contribution in [-0.4, -0.2) is 33.2 Å². The lowest BCUT2D eigenvalue weighted by molar-refractivity contribution is 0.0735. The molecule has 0 spiro atoms. The van der Waals surface area contributed by atoms with Crippen LogP contribution in [0.1, 0.15) is 43.9 Å². The van der Waals surface area contributed by atoms with Gasteiger partial charge in [-0.15, -0.1) is 11.3 Å². The van der Waals surface area contributed by atoms with Gasteiger partial charge >= 0.3 is 0 Å². The molecule has 7 heteroatoms. The average Bonchev–Trinajstić information content (AvgIpc) is 3.16. The van der Waals surface area contributed by atoms with E-state index in [-0.39, 0.29) is 11.9 Å². The van der Waals surface area contributed by atoms with Crippen LogP contribution < -0.4 is 5.73 Å². The summed E-state index contributed by atoms with van der Waals surface area (Å²) in [5.74, 6) is -0.514. The number of primary amides is 1. The fourth-order valence-electron chi connectivity index (χ4n) is 2.48. The third-order valence-corrected chi connectivity index (χ3v) is 4.61. The standard InChI is InChI=1S/C14H14N4O2S/c15-12(19)11-8-17-13(21-11)10-2-1-7-18(10)14(20)9-3-5-16-6-4-9/h3-6,8,10H,1-2,7H2,(H2,15,19). The van der Waals surface area contributed by atoms with Crippen LogP contribution in [-0.2, 0) is 0 Å². The van der Waals surface area contributed by atoms with E-state index in [0.29, 0.717) is 17.0 Å². The molecular formula is C14H14N4O2S. The molecule has 1 saturated heterocycles. The lowest BCUT2D eigenvalue weighted by atomic mass is 10.2. The van der Waals surface area contributed by atoms with Crippen molar-refractivity contribution in [2.45, 2.75) is 18.9 Å². The smallest absolute Gasteiger partial charge is 0.260 e. The van der Waals surface area contributed by atoms with E-state index in [4.69, 9.17) is 5.73 Å². The summed E-state index contributed by atoms with van der Waals surface area (Å²) < 4.78 is 0. The molecule has 3 rings (SSSR count). The second-order valence-corrected chi connectivity index (χ2v) is 5.88. The van der Waals surface area contributed by atoms with Gasteiger partial charge in [0, 0.05) is 24.5 Å². The minimum Gasteiger partial charge on any atom is -0.365 e. The summed E-state index contributed by atoms with van der Waals surface area (Å²) in [6.07, 6.45) is 6.46. The maximum absolute atomic E-state index is 12.6. The van der Waals surface area contributed by atoms with Gasteiger partial charge in [-0.2, -0.15) is 0 Å². The van der Waals surface area contributed by atoms with Crippen molar-refractivity contribution in [2.24, 2.45) is 5.73 Å². The summed E-state index contributed by atoms with van der Waals surface area (Å²) in [6.45, 7) is 0.692. The van der Waals surface area contributed by atoms with Crippen LogP contribution in [0.15, 0.2) is 30.7 Å². The molecule has 2 aromatic rings. The van der Waals surface area contributed by atoms with Crippen molar-refractivity contribution in [2.75, 3.05) is 6.54 Å². The van der Waals surface area contributed by atoms with Crippen molar-refractivity contribution in [1.82, 2.24) is 14.9 Å². The molecule has 0 radical (unpaired) electrons. The zero-order chi connectivity index (χ0) is 14.8. The summed E-state index contributed by atoms with van der Waals surface area (Å²) in [5, 5.41) is 0.767. The molecule has 1 aliphatic heterocycles. The van der Waals surface area contributed by atoms with Gasteiger partial charge in [-0.3, -0.25) is 14.6 Å². The fraction of sp³-hybridized carbons (Fsp3) is 0.286. The van der Waals surface area contributed by atoms with Crippen molar-refractivity contribution >= 4 is 23.2 Å². The van der Waals surface area contributed by atoms with Crippen molar-refractivity contribution in [3.63, 3.8) is 0 Å². The highest BCUT2D eigenvalue weighted by molar-refractivity contribution is 7.13. The van der Waals surface area contributed by atoms with Crippen molar-refractivity contribution in [1.29, 1.82) is 0 Å². The molecule has 2 amide bonds. The molecule has 6 nitrogen and oxygen atoms in total. The molecule has 1 fully saturated rings. The van der Waals surface area contributed by atoms with Gasteiger partial charge in [0.25, 0.3) is 11.8 Å². The summed E-state index contributed by atoms with van der Waals surface area (Å²) >= 11 is 1.26. The molecular weight excluding hydrogens is 288 g/mol. The SMILES string of the molecule is NC(=O)c1cnc(C2CCCN2C(=O)c2ccncc2)s1. The molecule has 0 saturated carbocycles. The van der Waals surface area contributed by atoms with Crippen LogP contribution in [0, 0.1) is 0 Å². The van der Waals surface area contributed by atoms with Crippen LogP contribution in [0.25, 0.3) is 0 Å². The molecule has 3 heterocycles. The summed E-state index contributed by atoms with van der Waals surface area (Å²) in [6, 6.07) is 3.33. The number of carbonyl (C=O) groups is 2. The molecule has 2 aromatic heterocycles. The lowest BCUT2D eigenvalue weighted by Gasteiger charge is -2.23. The Morgan fingerprint density at radius 2 is 2.10 bits per heavy atom. The van der Waals surface area contributed by atoms with Gasteiger partial charge in [0.2, 0.25) is 0 Å². The maximum Gasteiger partial charge on any atom is 0.260 e. The Hall–Kier alpha value is -2.28. The van der Waals surface area contributed by atoms with E-state index in [2.05, 4.69) is 9.97 Å². The van der Waals surface area contributed by atoms with E-state index in [1.165, 1.54) is 17.5 Å². The van der Waals surface area contributed by atoms with Crippen LogP contribution >= 0.6 is 11.3 Å². The Balaban J connectivity index is 1.85. The predicted octanol–water partition coefficient (Wildman–Crippen LogP) is 1.61. The normalized spacial score (nSPS) is 17.9. The van der Waals surface area contributed by atoms with Gasteiger partial charge in [0.05, 0.1) is 12.2 Å². The largest absolute Gasteiger partial charge is 0.365 e.